The number of nitrogen functional groups attached to an aromatic ring is 1. The molecule has 0 unspecified atom stereocenters. The van der Waals surface area contributed by atoms with E-state index in [0.29, 0.717) is 17.2 Å². The third-order valence-corrected chi connectivity index (χ3v) is 4.06. The highest BCUT2D eigenvalue weighted by atomic mass is 127. The van der Waals surface area contributed by atoms with E-state index < -0.39 is 5.82 Å². The molecule has 6 heteroatoms. The minimum atomic E-state index is -0.451. The molecule has 1 aromatic carbocycles. The molecule has 0 aliphatic rings. The van der Waals surface area contributed by atoms with Crippen LogP contribution in [-0.2, 0) is 5.41 Å². The van der Waals surface area contributed by atoms with Crippen molar-refractivity contribution in [2.75, 3.05) is 12.8 Å². The van der Waals surface area contributed by atoms with Gasteiger partial charge >= 0.3 is 0 Å². The predicted octanol–water partition coefficient (Wildman–Crippen LogP) is 3.78. The molecule has 112 valence electrons. The van der Waals surface area contributed by atoms with Crippen LogP contribution in [0.25, 0.3) is 11.4 Å². The molecule has 1 heterocycles. The van der Waals surface area contributed by atoms with Crippen LogP contribution in [0.4, 0.5) is 10.2 Å². The molecule has 21 heavy (non-hydrogen) atoms. The van der Waals surface area contributed by atoms with Gasteiger partial charge in [-0.3, -0.25) is 0 Å². The molecule has 1 aromatic heterocycles. The molecule has 0 amide bonds. The van der Waals surface area contributed by atoms with Crippen LogP contribution in [0, 0.1) is 9.39 Å². The van der Waals surface area contributed by atoms with Gasteiger partial charge in [-0.1, -0.05) is 20.8 Å². The Kier molecular flexibility index (Phi) is 4.36. The molecule has 0 spiro atoms. The van der Waals surface area contributed by atoms with Gasteiger partial charge in [0.25, 0.3) is 0 Å². The van der Waals surface area contributed by atoms with Crippen LogP contribution in [0.15, 0.2) is 18.2 Å². The monoisotopic (exact) mass is 401 g/mol. The highest BCUT2D eigenvalue weighted by molar-refractivity contribution is 14.1. The van der Waals surface area contributed by atoms with E-state index in [9.17, 15) is 4.39 Å². The van der Waals surface area contributed by atoms with E-state index in [1.54, 1.807) is 12.1 Å². The zero-order valence-corrected chi connectivity index (χ0v) is 14.5. The molecule has 0 saturated carbocycles. The summed E-state index contributed by atoms with van der Waals surface area (Å²) in [5.74, 6) is 0.558. The summed E-state index contributed by atoms with van der Waals surface area (Å²) in [7, 11) is 1.43. The lowest BCUT2D eigenvalue weighted by Crippen LogP contribution is -2.18. The quantitative estimate of drug-likeness (QED) is 0.779. The molecule has 0 atom stereocenters. The topological polar surface area (TPSA) is 61.0 Å². The fraction of sp³-hybridized carbons (Fsp3) is 0.333. The minimum absolute atomic E-state index is 0.173. The van der Waals surface area contributed by atoms with Gasteiger partial charge in [0.2, 0.25) is 0 Å². The molecule has 0 saturated heterocycles. The summed E-state index contributed by atoms with van der Waals surface area (Å²) in [6, 6.07) is 4.63. The molecule has 0 aliphatic heterocycles. The van der Waals surface area contributed by atoms with E-state index in [0.717, 1.165) is 9.26 Å². The maximum Gasteiger partial charge on any atom is 0.165 e. The van der Waals surface area contributed by atoms with Gasteiger partial charge in [-0.15, -0.1) is 0 Å². The van der Waals surface area contributed by atoms with Crippen molar-refractivity contribution in [2.24, 2.45) is 0 Å². The number of methoxy groups -OCH3 is 1. The first-order valence-corrected chi connectivity index (χ1v) is 7.49. The van der Waals surface area contributed by atoms with Crippen molar-refractivity contribution in [2.45, 2.75) is 26.2 Å². The Balaban J connectivity index is 2.60. The summed E-state index contributed by atoms with van der Waals surface area (Å²) < 4.78 is 19.6. The van der Waals surface area contributed by atoms with Gasteiger partial charge in [0.15, 0.2) is 17.4 Å². The van der Waals surface area contributed by atoms with E-state index >= 15 is 0 Å². The number of nitrogens with two attached hydrogens (primary N) is 1. The fourth-order valence-corrected chi connectivity index (χ4v) is 2.95. The largest absolute Gasteiger partial charge is 0.494 e. The lowest BCUT2D eigenvalue weighted by atomic mass is 9.92. The Hall–Kier alpha value is -1.44. The first-order chi connectivity index (χ1) is 9.74. The maximum absolute atomic E-state index is 13.8. The minimum Gasteiger partial charge on any atom is -0.494 e. The zero-order valence-electron chi connectivity index (χ0n) is 12.4. The molecule has 0 aliphatic carbocycles. The fourth-order valence-electron chi connectivity index (χ4n) is 1.90. The maximum atomic E-state index is 13.8. The summed E-state index contributed by atoms with van der Waals surface area (Å²) >= 11 is 2.14. The van der Waals surface area contributed by atoms with Crippen LogP contribution >= 0.6 is 22.6 Å². The average molecular weight is 401 g/mol. The smallest absolute Gasteiger partial charge is 0.165 e. The van der Waals surface area contributed by atoms with Crippen LogP contribution in [0.3, 0.4) is 0 Å². The number of hydrogen-bond donors (Lipinski definition) is 1. The number of ether oxygens (including phenoxy) is 1. The summed E-state index contributed by atoms with van der Waals surface area (Å²) in [5.41, 5.74) is 7.22. The lowest BCUT2D eigenvalue weighted by molar-refractivity contribution is 0.386. The third-order valence-electron chi connectivity index (χ3n) is 3.00. The van der Waals surface area contributed by atoms with Gasteiger partial charge in [0, 0.05) is 11.0 Å². The highest BCUT2D eigenvalue weighted by Gasteiger charge is 2.23. The van der Waals surface area contributed by atoms with E-state index in [-0.39, 0.29) is 11.2 Å². The van der Waals surface area contributed by atoms with Crippen molar-refractivity contribution in [3.8, 4) is 17.1 Å². The third kappa shape index (κ3) is 3.25. The zero-order chi connectivity index (χ0) is 15.8. The van der Waals surface area contributed by atoms with Crippen LogP contribution < -0.4 is 10.5 Å². The first-order valence-electron chi connectivity index (χ1n) is 6.41. The summed E-state index contributed by atoms with van der Waals surface area (Å²) in [6.07, 6.45) is 0. The molecule has 2 rings (SSSR count). The van der Waals surface area contributed by atoms with Crippen LogP contribution in [0.5, 0.6) is 5.75 Å². The standard InChI is InChI=1S/C15H17FIN3O/c1-15(2,3)12-11(17)13(18)20-14(19-12)8-5-6-10(21-4)9(16)7-8/h5-7H,1-4H3,(H2,18,19,20). The van der Waals surface area contributed by atoms with Crippen LogP contribution in [-0.4, -0.2) is 17.1 Å². The van der Waals surface area contributed by atoms with Crippen molar-refractivity contribution < 1.29 is 9.13 Å². The second kappa shape index (κ2) is 5.75. The normalized spacial score (nSPS) is 11.5. The highest BCUT2D eigenvalue weighted by Crippen LogP contribution is 2.31. The molecule has 0 fully saturated rings. The lowest BCUT2D eigenvalue weighted by Gasteiger charge is -2.21. The van der Waals surface area contributed by atoms with Gasteiger partial charge < -0.3 is 10.5 Å². The number of benzene rings is 1. The van der Waals surface area contributed by atoms with Crippen LogP contribution in [0.1, 0.15) is 26.5 Å². The van der Waals surface area contributed by atoms with Gasteiger partial charge in [-0.2, -0.15) is 0 Å². The van der Waals surface area contributed by atoms with Gasteiger partial charge in [-0.05, 0) is 40.8 Å². The SMILES string of the molecule is COc1ccc(-c2nc(N)c(I)c(C(C)(C)C)n2)cc1F. The number of halogens is 2. The van der Waals surface area contributed by atoms with Crippen molar-refractivity contribution in [1.29, 1.82) is 0 Å². The van der Waals surface area contributed by atoms with E-state index in [2.05, 4.69) is 53.3 Å². The Labute approximate surface area is 137 Å². The average Bonchev–Trinajstić information content (AvgIpc) is 2.40. The van der Waals surface area contributed by atoms with Crippen molar-refractivity contribution >= 4 is 28.4 Å². The Morgan fingerprint density at radius 1 is 1.24 bits per heavy atom. The van der Waals surface area contributed by atoms with Crippen molar-refractivity contribution in [3.63, 3.8) is 0 Å². The number of anilines is 1. The predicted molar refractivity (Wildman–Crippen MR) is 89.8 cm³/mol. The second-order valence-corrected chi connectivity index (χ2v) is 6.77. The summed E-state index contributed by atoms with van der Waals surface area (Å²) in [5, 5.41) is 0. The van der Waals surface area contributed by atoms with Crippen molar-refractivity contribution in [3.05, 3.63) is 33.3 Å². The number of rotatable bonds is 2. The molecule has 0 bridgehead atoms. The Morgan fingerprint density at radius 2 is 1.90 bits per heavy atom. The first kappa shape index (κ1) is 15.9. The van der Waals surface area contributed by atoms with Gasteiger partial charge in [-0.25, -0.2) is 14.4 Å². The molecule has 2 N–H and O–H groups in total. The van der Waals surface area contributed by atoms with E-state index in [4.69, 9.17) is 10.5 Å². The molecular formula is C15H17FIN3O. The molecular weight excluding hydrogens is 384 g/mol. The Bertz CT molecular complexity index is 683. The van der Waals surface area contributed by atoms with Gasteiger partial charge in [0.1, 0.15) is 5.82 Å². The van der Waals surface area contributed by atoms with Crippen LogP contribution in [0.2, 0.25) is 0 Å². The molecule has 0 radical (unpaired) electrons. The van der Waals surface area contributed by atoms with E-state index in [1.807, 2.05) is 0 Å². The van der Waals surface area contributed by atoms with Gasteiger partial charge in [0.05, 0.1) is 16.4 Å². The number of nitrogens with zero attached hydrogens (tertiary/aromatic N) is 2. The molecule has 4 nitrogen and oxygen atoms in total. The Morgan fingerprint density at radius 3 is 2.43 bits per heavy atom. The molecule has 2 aromatic rings. The van der Waals surface area contributed by atoms with Crippen molar-refractivity contribution in [1.82, 2.24) is 9.97 Å². The summed E-state index contributed by atoms with van der Waals surface area (Å²) in [4.78, 5) is 8.83. The second-order valence-electron chi connectivity index (χ2n) is 5.69. The number of aromatic nitrogens is 2. The van der Waals surface area contributed by atoms with E-state index in [1.165, 1.54) is 13.2 Å². The summed E-state index contributed by atoms with van der Waals surface area (Å²) in [6.45, 7) is 6.15. The number of hydrogen-bond acceptors (Lipinski definition) is 4.